The van der Waals surface area contributed by atoms with E-state index in [1.54, 1.807) is 0 Å². The Morgan fingerprint density at radius 2 is 1.32 bits per heavy atom. The largest absolute Gasteiger partial charge is 0.456 e. The minimum atomic E-state index is 0.878. The van der Waals surface area contributed by atoms with Crippen LogP contribution in [0.3, 0.4) is 0 Å². The normalized spacial score (nSPS) is 12.1. The molecule has 0 saturated carbocycles. The Hall–Kier alpha value is -4.83. The number of benzene rings is 5. The first-order valence-corrected chi connectivity index (χ1v) is 12.5. The molecule has 4 heteroatoms. The summed E-state index contributed by atoms with van der Waals surface area (Å²) in [4.78, 5) is 0. The van der Waals surface area contributed by atoms with Crippen molar-refractivity contribution in [2.45, 2.75) is 6.92 Å². The smallest absolute Gasteiger partial charge is 0.299 e. The number of hydrogen-bond donors (Lipinski definition) is 0. The minimum Gasteiger partial charge on any atom is -0.456 e. The van der Waals surface area contributed by atoms with Gasteiger partial charge in [0.2, 0.25) is 0 Å². The van der Waals surface area contributed by atoms with Crippen molar-refractivity contribution in [3.63, 3.8) is 0 Å². The molecule has 3 heterocycles. The van der Waals surface area contributed by atoms with Crippen molar-refractivity contribution >= 4 is 54.9 Å². The summed E-state index contributed by atoms with van der Waals surface area (Å²) < 4.78 is 17.5. The molecule has 0 radical (unpaired) electrons. The van der Waals surface area contributed by atoms with Crippen LogP contribution in [0.25, 0.3) is 72.0 Å². The van der Waals surface area contributed by atoms with Gasteiger partial charge in [-0.3, -0.25) is 0 Å². The van der Waals surface area contributed by atoms with Crippen LogP contribution in [0.15, 0.2) is 112 Å². The predicted molar refractivity (Wildman–Crippen MR) is 149 cm³/mol. The number of hydrogen-bond acceptors (Lipinski definition) is 2. The molecule has 37 heavy (non-hydrogen) atoms. The van der Waals surface area contributed by atoms with E-state index in [0.29, 0.717) is 0 Å². The fourth-order valence-corrected chi connectivity index (χ4v) is 5.95. The van der Waals surface area contributed by atoms with Gasteiger partial charge in [0.15, 0.2) is 16.6 Å². The van der Waals surface area contributed by atoms with Gasteiger partial charge < -0.3 is 8.83 Å². The van der Waals surface area contributed by atoms with Crippen LogP contribution in [0.1, 0.15) is 5.56 Å². The Balaban J connectivity index is 1.59. The van der Waals surface area contributed by atoms with Gasteiger partial charge in [-0.1, -0.05) is 66.7 Å². The van der Waals surface area contributed by atoms with Gasteiger partial charge in [0.05, 0.1) is 12.4 Å². The van der Waals surface area contributed by atoms with E-state index in [4.69, 9.17) is 8.83 Å². The van der Waals surface area contributed by atoms with E-state index in [0.717, 1.165) is 77.5 Å². The summed E-state index contributed by atoms with van der Waals surface area (Å²) in [5, 5.41) is 4.47. The summed E-state index contributed by atoms with van der Waals surface area (Å²) in [7, 11) is 2.14. The first-order valence-electron chi connectivity index (χ1n) is 12.5. The summed E-state index contributed by atoms with van der Waals surface area (Å²) in [6.45, 7) is 2.16. The lowest BCUT2D eigenvalue weighted by Gasteiger charge is -2.08. The van der Waals surface area contributed by atoms with Gasteiger partial charge in [-0.15, -0.1) is 0 Å². The molecule has 0 unspecified atom stereocenters. The number of aromatic nitrogens is 2. The van der Waals surface area contributed by atoms with E-state index in [2.05, 4.69) is 102 Å². The summed E-state index contributed by atoms with van der Waals surface area (Å²) in [5.41, 5.74) is 9.20. The second-order valence-corrected chi connectivity index (χ2v) is 9.69. The molecular formula is C33H23N2O2+. The first-order chi connectivity index (χ1) is 18.2. The molecule has 0 aliphatic carbocycles. The van der Waals surface area contributed by atoms with Gasteiger partial charge in [-0.25, -0.2) is 4.57 Å². The monoisotopic (exact) mass is 479 g/mol. The van der Waals surface area contributed by atoms with Crippen LogP contribution in [0, 0.1) is 6.92 Å². The third kappa shape index (κ3) is 2.70. The van der Waals surface area contributed by atoms with Gasteiger partial charge in [-0.2, -0.15) is 4.57 Å². The molecule has 0 atom stereocenters. The van der Waals surface area contributed by atoms with Gasteiger partial charge in [-0.05, 0) is 48.9 Å². The molecule has 0 spiro atoms. The topological polar surface area (TPSA) is 35.1 Å². The Labute approximate surface area is 212 Å². The molecule has 0 bridgehead atoms. The van der Waals surface area contributed by atoms with Crippen LogP contribution in [0.5, 0.6) is 0 Å². The van der Waals surface area contributed by atoms with Gasteiger partial charge in [0.25, 0.3) is 5.82 Å². The summed E-state index contributed by atoms with van der Waals surface area (Å²) in [6.07, 6.45) is 0. The molecule has 3 aromatic heterocycles. The van der Waals surface area contributed by atoms with Gasteiger partial charge in [0, 0.05) is 16.2 Å². The highest BCUT2D eigenvalue weighted by Crippen LogP contribution is 2.41. The second-order valence-electron chi connectivity index (χ2n) is 9.69. The van der Waals surface area contributed by atoms with Crippen molar-refractivity contribution in [1.82, 2.24) is 4.57 Å². The Bertz CT molecular complexity index is 2170. The quantitative estimate of drug-likeness (QED) is 0.234. The number of para-hydroxylation sites is 4. The molecule has 5 aromatic carbocycles. The molecule has 0 N–H and O–H groups in total. The van der Waals surface area contributed by atoms with Crippen LogP contribution < -0.4 is 4.57 Å². The lowest BCUT2D eigenvalue weighted by atomic mass is 10.0. The number of imidazole rings is 1. The molecule has 0 amide bonds. The minimum absolute atomic E-state index is 0.878. The Morgan fingerprint density at radius 1 is 0.622 bits per heavy atom. The molecule has 8 aromatic rings. The highest BCUT2D eigenvalue weighted by Gasteiger charge is 2.31. The van der Waals surface area contributed by atoms with Crippen LogP contribution in [0.4, 0.5) is 0 Å². The molecule has 0 saturated heterocycles. The highest BCUT2D eigenvalue weighted by atomic mass is 16.3. The van der Waals surface area contributed by atoms with Crippen molar-refractivity contribution in [1.29, 1.82) is 0 Å². The molecule has 0 aliphatic rings. The zero-order valence-corrected chi connectivity index (χ0v) is 20.5. The molecule has 176 valence electrons. The fraction of sp³-hybridized carbons (Fsp3) is 0.0606. The molecule has 0 aliphatic heterocycles. The fourth-order valence-electron chi connectivity index (χ4n) is 5.95. The second kappa shape index (κ2) is 7.34. The van der Waals surface area contributed by atoms with Crippen LogP contribution in [-0.4, -0.2) is 4.57 Å². The van der Waals surface area contributed by atoms with E-state index in [1.165, 1.54) is 0 Å². The third-order valence-corrected chi connectivity index (χ3v) is 7.61. The van der Waals surface area contributed by atoms with E-state index in [1.807, 2.05) is 24.3 Å². The van der Waals surface area contributed by atoms with Crippen molar-refractivity contribution in [3.8, 4) is 17.1 Å². The summed E-state index contributed by atoms with van der Waals surface area (Å²) >= 11 is 0. The van der Waals surface area contributed by atoms with E-state index < -0.39 is 0 Å². The van der Waals surface area contributed by atoms with Crippen LogP contribution in [-0.2, 0) is 7.05 Å². The maximum absolute atomic E-state index is 6.56. The van der Waals surface area contributed by atoms with E-state index >= 15 is 0 Å². The van der Waals surface area contributed by atoms with Gasteiger partial charge >= 0.3 is 0 Å². The number of rotatable bonds is 2. The van der Waals surface area contributed by atoms with Crippen molar-refractivity contribution in [2.24, 2.45) is 7.05 Å². The third-order valence-electron chi connectivity index (χ3n) is 7.61. The zero-order valence-electron chi connectivity index (χ0n) is 20.5. The molecular weight excluding hydrogens is 456 g/mol. The average Bonchev–Trinajstić information content (AvgIpc) is 3.58. The first kappa shape index (κ1) is 20.4. The lowest BCUT2D eigenvalue weighted by molar-refractivity contribution is -0.633. The van der Waals surface area contributed by atoms with E-state index in [9.17, 15) is 0 Å². The van der Waals surface area contributed by atoms with Crippen molar-refractivity contribution in [2.75, 3.05) is 0 Å². The maximum atomic E-state index is 6.56. The van der Waals surface area contributed by atoms with Crippen LogP contribution >= 0.6 is 0 Å². The number of nitrogens with zero attached hydrogens (tertiary/aromatic N) is 2. The Kier molecular flexibility index (Phi) is 4.04. The summed E-state index contributed by atoms with van der Waals surface area (Å²) in [6, 6.07) is 35.8. The standard InChI is InChI=1S/C33H23N2O2/c1-20-18-19-22-21-10-3-7-15-27(21)37-32(22)30(20)33-34(2)24-12-5-6-13-25(24)35(33)26-14-9-17-29-31(26)23-11-4-8-16-28(23)36-29/h3-19H,1-2H3/q+1. The highest BCUT2D eigenvalue weighted by molar-refractivity contribution is 6.12. The number of furan rings is 2. The van der Waals surface area contributed by atoms with Crippen LogP contribution in [0.2, 0.25) is 0 Å². The number of fused-ring (bicyclic) bond motifs is 7. The van der Waals surface area contributed by atoms with Crippen molar-refractivity contribution in [3.05, 3.63) is 109 Å². The van der Waals surface area contributed by atoms with E-state index in [-0.39, 0.29) is 0 Å². The average molecular weight is 480 g/mol. The molecule has 8 rings (SSSR count). The lowest BCUT2D eigenvalue weighted by Crippen LogP contribution is -2.30. The van der Waals surface area contributed by atoms with Crippen molar-refractivity contribution < 1.29 is 13.4 Å². The van der Waals surface area contributed by atoms with Gasteiger partial charge in [0.1, 0.15) is 28.0 Å². The Morgan fingerprint density at radius 3 is 2.19 bits per heavy atom. The predicted octanol–water partition coefficient (Wildman–Crippen LogP) is 8.23. The maximum Gasteiger partial charge on any atom is 0.299 e. The number of aryl methyl sites for hydroxylation is 2. The molecule has 4 nitrogen and oxygen atoms in total. The SMILES string of the molecule is Cc1ccc2c(oc3ccccc32)c1-c1n(-c2cccc3oc4ccccc4c23)c2ccccc2[n+]1C. The summed E-state index contributed by atoms with van der Waals surface area (Å²) in [5.74, 6) is 1.07. The molecule has 0 fully saturated rings. The zero-order chi connectivity index (χ0) is 24.7.